The molecule has 0 saturated carbocycles. The van der Waals surface area contributed by atoms with Crippen molar-refractivity contribution in [2.75, 3.05) is 5.32 Å². The van der Waals surface area contributed by atoms with Gasteiger partial charge in [-0.25, -0.2) is 9.97 Å². The summed E-state index contributed by atoms with van der Waals surface area (Å²) < 4.78 is 46.4. The van der Waals surface area contributed by atoms with Crippen LogP contribution in [0.25, 0.3) is 22.1 Å². The number of carbonyl (C=O) groups excluding carboxylic acids is 1. The number of oxazole rings is 1. The van der Waals surface area contributed by atoms with Crippen molar-refractivity contribution in [1.82, 2.24) is 14.5 Å². The van der Waals surface area contributed by atoms with E-state index < -0.39 is 24.5 Å². The quantitative estimate of drug-likeness (QED) is 0.563. The molecular formula is C19H15F3N4O2. The van der Waals surface area contributed by atoms with Crippen molar-refractivity contribution in [1.29, 1.82) is 0 Å². The predicted octanol–water partition coefficient (Wildman–Crippen LogP) is 4.40. The lowest BCUT2D eigenvalue weighted by molar-refractivity contribution is -0.147. The van der Waals surface area contributed by atoms with E-state index in [9.17, 15) is 18.0 Å². The highest BCUT2D eigenvalue weighted by atomic mass is 19.4. The van der Waals surface area contributed by atoms with Gasteiger partial charge >= 0.3 is 6.18 Å². The number of para-hydroxylation sites is 2. The van der Waals surface area contributed by atoms with Gasteiger partial charge in [-0.2, -0.15) is 13.2 Å². The van der Waals surface area contributed by atoms with Crippen molar-refractivity contribution in [3.63, 3.8) is 0 Å². The number of rotatable bonds is 4. The number of aryl methyl sites for hydroxylation is 1. The van der Waals surface area contributed by atoms with Gasteiger partial charge in [0.2, 0.25) is 11.7 Å². The molecule has 0 aliphatic rings. The molecule has 9 heteroatoms. The Morgan fingerprint density at radius 3 is 2.68 bits per heavy atom. The molecule has 144 valence electrons. The lowest BCUT2D eigenvalue weighted by Gasteiger charge is -2.11. The second-order valence-corrected chi connectivity index (χ2v) is 6.20. The smallest absolute Gasteiger partial charge is 0.441 e. The fourth-order valence-electron chi connectivity index (χ4n) is 3.00. The molecule has 0 fully saturated rings. The molecule has 0 atom stereocenters. The van der Waals surface area contributed by atoms with E-state index in [0.717, 1.165) is 4.57 Å². The summed E-state index contributed by atoms with van der Waals surface area (Å²) >= 11 is 0. The van der Waals surface area contributed by atoms with Crippen molar-refractivity contribution in [2.45, 2.75) is 26.1 Å². The van der Waals surface area contributed by atoms with E-state index in [1.54, 1.807) is 30.3 Å². The first-order valence-corrected chi connectivity index (χ1v) is 8.57. The number of carbonyl (C=O) groups is 1. The predicted molar refractivity (Wildman–Crippen MR) is 96.8 cm³/mol. The lowest BCUT2D eigenvalue weighted by atomic mass is 10.3. The van der Waals surface area contributed by atoms with E-state index in [1.807, 2.05) is 6.92 Å². The van der Waals surface area contributed by atoms with Gasteiger partial charge in [0, 0.05) is 12.1 Å². The molecule has 28 heavy (non-hydrogen) atoms. The average Bonchev–Trinajstić information content (AvgIpc) is 3.22. The third-order valence-electron chi connectivity index (χ3n) is 4.23. The molecule has 6 nitrogen and oxygen atoms in total. The maximum absolute atomic E-state index is 13.3. The Bertz CT molecular complexity index is 1180. The Hall–Kier alpha value is -3.36. The molecule has 0 radical (unpaired) electrons. The number of hydrogen-bond acceptors (Lipinski definition) is 4. The topological polar surface area (TPSA) is 73.0 Å². The molecule has 1 N–H and O–H groups in total. The highest BCUT2D eigenvalue weighted by Gasteiger charge is 2.38. The van der Waals surface area contributed by atoms with Crippen molar-refractivity contribution in [3.8, 4) is 0 Å². The SMILES string of the molecule is CCc1nc2cc(NC(=O)Cn3c(C(F)(F)F)nc4ccccc43)ccc2o1. The minimum absolute atomic E-state index is 0.179. The van der Waals surface area contributed by atoms with Crippen LogP contribution >= 0.6 is 0 Å². The van der Waals surface area contributed by atoms with Gasteiger partial charge in [-0.15, -0.1) is 0 Å². The van der Waals surface area contributed by atoms with Gasteiger partial charge in [-0.05, 0) is 30.3 Å². The summed E-state index contributed by atoms with van der Waals surface area (Å²) in [4.78, 5) is 20.3. The van der Waals surface area contributed by atoms with Crippen LogP contribution in [0, 0.1) is 0 Å². The Kier molecular flexibility index (Phi) is 4.29. The van der Waals surface area contributed by atoms with Gasteiger partial charge in [-0.1, -0.05) is 19.1 Å². The standard InChI is InChI=1S/C19H15F3N4O2/c1-2-17-24-13-9-11(7-8-15(13)28-17)23-16(27)10-26-14-6-4-3-5-12(14)25-18(26)19(20,21)22/h3-9H,2,10H2,1H3,(H,23,27). The van der Waals surface area contributed by atoms with E-state index in [2.05, 4.69) is 15.3 Å². The summed E-state index contributed by atoms with van der Waals surface area (Å²) in [6.07, 6.45) is -4.04. The minimum Gasteiger partial charge on any atom is -0.441 e. The van der Waals surface area contributed by atoms with Crippen molar-refractivity contribution < 1.29 is 22.4 Å². The normalized spacial score (nSPS) is 12.0. The zero-order valence-electron chi connectivity index (χ0n) is 14.7. The summed E-state index contributed by atoms with van der Waals surface area (Å²) in [5.41, 5.74) is 1.99. The van der Waals surface area contributed by atoms with E-state index in [4.69, 9.17) is 4.42 Å². The van der Waals surface area contributed by atoms with Gasteiger partial charge < -0.3 is 14.3 Å². The summed E-state index contributed by atoms with van der Waals surface area (Å²) in [5, 5.41) is 2.61. The van der Waals surface area contributed by atoms with Gasteiger partial charge in [0.1, 0.15) is 12.1 Å². The first-order valence-electron chi connectivity index (χ1n) is 8.57. The number of fused-ring (bicyclic) bond motifs is 2. The van der Waals surface area contributed by atoms with Crippen LogP contribution in [0.4, 0.5) is 18.9 Å². The summed E-state index contributed by atoms with van der Waals surface area (Å²) in [5.74, 6) is -1.14. The zero-order valence-corrected chi connectivity index (χ0v) is 14.7. The van der Waals surface area contributed by atoms with E-state index in [1.165, 1.54) is 12.1 Å². The molecule has 0 spiro atoms. The molecule has 2 aromatic carbocycles. The number of imidazole rings is 1. The Morgan fingerprint density at radius 2 is 1.93 bits per heavy atom. The van der Waals surface area contributed by atoms with Gasteiger partial charge in [0.25, 0.3) is 0 Å². The molecule has 0 saturated heterocycles. The summed E-state index contributed by atoms with van der Waals surface area (Å²) in [6, 6.07) is 11.1. The van der Waals surface area contributed by atoms with Gasteiger partial charge in [0.05, 0.1) is 11.0 Å². The van der Waals surface area contributed by atoms with E-state index >= 15 is 0 Å². The van der Waals surface area contributed by atoms with Crippen LogP contribution in [-0.2, 0) is 23.9 Å². The van der Waals surface area contributed by atoms with Crippen LogP contribution in [0.1, 0.15) is 18.6 Å². The molecule has 0 unspecified atom stereocenters. The van der Waals surface area contributed by atoms with Gasteiger partial charge in [0.15, 0.2) is 11.5 Å². The van der Waals surface area contributed by atoms with Crippen LogP contribution in [0.2, 0.25) is 0 Å². The minimum atomic E-state index is -4.67. The molecule has 0 aliphatic carbocycles. The molecule has 0 bridgehead atoms. The lowest BCUT2D eigenvalue weighted by Crippen LogP contribution is -2.23. The highest BCUT2D eigenvalue weighted by molar-refractivity contribution is 5.93. The number of aromatic nitrogens is 3. The van der Waals surface area contributed by atoms with E-state index in [-0.39, 0.29) is 11.0 Å². The van der Waals surface area contributed by atoms with Crippen molar-refractivity contribution in [3.05, 3.63) is 54.2 Å². The number of benzene rings is 2. The maximum atomic E-state index is 13.3. The number of anilines is 1. The van der Waals surface area contributed by atoms with Crippen molar-refractivity contribution in [2.24, 2.45) is 0 Å². The molecule has 1 amide bonds. The molecule has 4 aromatic rings. The second kappa shape index (κ2) is 6.66. The Balaban J connectivity index is 1.62. The fraction of sp³-hybridized carbons (Fsp3) is 0.211. The third kappa shape index (κ3) is 3.30. The monoisotopic (exact) mass is 388 g/mol. The van der Waals surface area contributed by atoms with Crippen LogP contribution < -0.4 is 5.32 Å². The fourth-order valence-corrected chi connectivity index (χ4v) is 3.00. The Labute approximate surface area is 157 Å². The number of amides is 1. The van der Waals surface area contributed by atoms with Crippen molar-refractivity contribution >= 4 is 33.7 Å². The van der Waals surface area contributed by atoms with Crippen LogP contribution in [-0.4, -0.2) is 20.4 Å². The molecular weight excluding hydrogens is 373 g/mol. The summed E-state index contributed by atoms with van der Waals surface area (Å²) in [6.45, 7) is 1.38. The first-order chi connectivity index (χ1) is 13.3. The summed E-state index contributed by atoms with van der Waals surface area (Å²) in [7, 11) is 0. The Morgan fingerprint density at radius 1 is 1.14 bits per heavy atom. The second-order valence-electron chi connectivity index (χ2n) is 6.20. The third-order valence-corrected chi connectivity index (χ3v) is 4.23. The highest BCUT2D eigenvalue weighted by Crippen LogP contribution is 2.31. The number of halogens is 3. The number of alkyl halides is 3. The number of nitrogens with zero attached hydrogens (tertiary/aromatic N) is 3. The molecule has 2 heterocycles. The van der Waals surface area contributed by atoms with Crippen LogP contribution in [0.15, 0.2) is 46.9 Å². The largest absolute Gasteiger partial charge is 0.449 e. The van der Waals surface area contributed by atoms with Gasteiger partial charge in [-0.3, -0.25) is 4.79 Å². The average molecular weight is 388 g/mol. The van der Waals surface area contributed by atoms with Crippen LogP contribution in [0.5, 0.6) is 0 Å². The number of hydrogen-bond donors (Lipinski definition) is 1. The van der Waals surface area contributed by atoms with E-state index in [0.29, 0.717) is 29.1 Å². The molecule has 2 aromatic heterocycles. The first kappa shape index (κ1) is 18.0. The molecule has 0 aliphatic heterocycles. The molecule has 4 rings (SSSR count). The maximum Gasteiger partial charge on any atom is 0.449 e. The number of nitrogens with one attached hydrogen (secondary N) is 1. The van der Waals surface area contributed by atoms with Crippen LogP contribution in [0.3, 0.4) is 0 Å². The zero-order chi connectivity index (χ0) is 19.9.